The first-order chi connectivity index (χ1) is 11.1. The highest BCUT2D eigenvalue weighted by atomic mass is 35.5. The highest BCUT2D eigenvalue weighted by molar-refractivity contribution is 7.97. The summed E-state index contributed by atoms with van der Waals surface area (Å²) in [5.74, 6) is 2.04. The van der Waals surface area contributed by atoms with E-state index in [4.69, 9.17) is 21.1 Å². The summed E-state index contributed by atoms with van der Waals surface area (Å²) in [6, 6.07) is 10.7. The van der Waals surface area contributed by atoms with Crippen LogP contribution in [0.2, 0.25) is 5.02 Å². The van der Waals surface area contributed by atoms with Crippen LogP contribution in [0.4, 0.5) is 5.69 Å². The van der Waals surface area contributed by atoms with Crippen molar-refractivity contribution in [2.75, 3.05) is 6.79 Å². The van der Waals surface area contributed by atoms with E-state index in [0.29, 0.717) is 18.1 Å². The molecule has 3 rings (SSSR count). The van der Waals surface area contributed by atoms with Crippen molar-refractivity contribution in [3.63, 3.8) is 0 Å². The van der Waals surface area contributed by atoms with Crippen LogP contribution >= 0.6 is 23.4 Å². The molecule has 0 spiro atoms. The Morgan fingerprint density at radius 3 is 2.78 bits per heavy atom. The molecular weight excluding hydrogens is 338 g/mol. The highest BCUT2D eigenvalue weighted by Gasteiger charge is 2.20. The van der Waals surface area contributed by atoms with E-state index in [1.165, 1.54) is 6.07 Å². The number of non-ortho nitro benzene ring substituents is 1. The molecule has 7 heteroatoms. The van der Waals surface area contributed by atoms with Gasteiger partial charge in [0, 0.05) is 39.8 Å². The molecule has 1 aliphatic heterocycles. The third-order valence-electron chi connectivity index (χ3n) is 3.46. The quantitative estimate of drug-likeness (QED) is 0.584. The third kappa shape index (κ3) is 3.77. The SMILES string of the molecule is O=[N+]([O-])c1cc2c(c(CSCc3ccccc3Cl)c1)OCOC2. The summed E-state index contributed by atoms with van der Waals surface area (Å²) in [4.78, 5) is 10.7. The first-order valence-electron chi connectivity index (χ1n) is 6.97. The summed E-state index contributed by atoms with van der Waals surface area (Å²) < 4.78 is 10.7. The van der Waals surface area contributed by atoms with Gasteiger partial charge >= 0.3 is 0 Å². The summed E-state index contributed by atoms with van der Waals surface area (Å²) in [7, 11) is 0. The molecule has 1 aliphatic rings. The number of hydrogen-bond donors (Lipinski definition) is 0. The lowest BCUT2D eigenvalue weighted by Gasteiger charge is -2.20. The minimum absolute atomic E-state index is 0.0613. The van der Waals surface area contributed by atoms with Crippen LogP contribution in [-0.4, -0.2) is 11.7 Å². The number of nitrogens with zero attached hydrogens (tertiary/aromatic N) is 1. The number of nitro groups is 1. The lowest BCUT2D eigenvalue weighted by Crippen LogP contribution is -2.13. The third-order valence-corrected chi connectivity index (χ3v) is 4.85. The van der Waals surface area contributed by atoms with Gasteiger partial charge in [0.05, 0.1) is 11.5 Å². The zero-order valence-electron chi connectivity index (χ0n) is 12.2. The molecule has 0 bridgehead atoms. The van der Waals surface area contributed by atoms with E-state index in [-0.39, 0.29) is 12.5 Å². The van der Waals surface area contributed by atoms with Gasteiger partial charge in [0.2, 0.25) is 0 Å². The molecule has 0 aromatic heterocycles. The fourth-order valence-corrected chi connectivity index (χ4v) is 3.67. The van der Waals surface area contributed by atoms with Crippen LogP contribution in [0.3, 0.4) is 0 Å². The molecule has 2 aromatic carbocycles. The number of rotatable bonds is 5. The van der Waals surface area contributed by atoms with Crippen molar-refractivity contribution < 1.29 is 14.4 Å². The predicted octanol–water partition coefficient (Wildman–Crippen LogP) is 4.55. The minimum atomic E-state index is -0.392. The van der Waals surface area contributed by atoms with E-state index in [9.17, 15) is 10.1 Å². The number of hydrogen-bond acceptors (Lipinski definition) is 5. The Hall–Kier alpha value is -1.76. The normalized spacial score (nSPS) is 13.3. The second-order valence-corrected chi connectivity index (χ2v) is 6.44. The summed E-state index contributed by atoms with van der Waals surface area (Å²) in [5.41, 5.74) is 2.64. The zero-order valence-corrected chi connectivity index (χ0v) is 13.7. The van der Waals surface area contributed by atoms with Crippen molar-refractivity contribution in [1.82, 2.24) is 0 Å². The number of ether oxygens (including phenoxy) is 2. The van der Waals surface area contributed by atoms with Gasteiger partial charge in [-0.05, 0) is 11.6 Å². The maximum atomic E-state index is 11.1. The molecule has 0 radical (unpaired) electrons. The standard InChI is InChI=1S/C16H14ClNO4S/c17-15-4-2-1-3-11(15)8-23-9-13-6-14(18(19)20)5-12-7-21-10-22-16(12)13/h1-6H,7-10H2. The average Bonchev–Trinajstić information content (AvgIpc) is 2.56. The molecule has 0 saturated carbocycles. The van der Waals surface area contributed by atoms with Gasteiger partial charge in [-0.25, -0.2) is 0 Å². The van der Waals surface area contributed by atoms with Crippen LogP contribution in [0.25, 0.3) is 0 Å². The van der Waals surface area contributed by atoms with E-state index in [1.807, 2.05) is 24.3 Å². The number of fused-ring (bicyclic) bond motifs is 1. The molecule has 2 aromatic rings. The molecule has 0 saturated heterocycles. The van der Waals surface area contributed by atoms with Crippen molar-refractivity contribution in [3.8, 4) is 5.75 Å². The summed E-state index contributed by atoms with van der Waals surface area (Å²) >= 11 is 7.78. The van der Waals surface area contributed by atoms with Crippen LogP contribution in [0.5, 0.6) is 5.75 Å². The monoisotopic (exact) mass is 351 g/mol. The first kappa shape index (κ1) is 16.1. The lowest BCUT2D eigenvalue weighted by molar-refractivity contribution is -0.385. The van der Waals surface area contributed by atoms with Crippen LogP contribution in [0.15, 0.2) is 36.4 Å². The Morgan fingerprint density at radius 2 is 2.00 bits per heavy atom. The van der Waals surface area contributed by atoms with Gasteiger partial charge in [-0.1, -0.05) is 29.8 Å². The Balaban J connectivity index is 1.77. The largest absolute Gasteiger partial charge is 0.467 e. The maximum absolute atomic E-state index is 11.1. The van der Waals surface area contributed by atoms with Crippen LogP contribution in [0, 0.1) is 10.1 Å². The van der Waals surface area contributed by atoms with Gasteiger partial charge < -0.3 is 9.47 Å². The predicted molar refractivity (Wildman–Crippen MR) is 89.8 cm³/mol. The Labute approximate surface area is 142 Å². The van der Waals surface area contributed by atoms with Gasteiger partial charge in [-0.3, -0.25) is 10.1 Å². The Bertz CT molecular complexity index is 738. The van der Waals surface area contributed by atoms with Gasteiger partial charge in [0.15, 0.2) is 6.79 Å². The fraction of sp³-hybridized carbons (Fsp3) is 0.250. The molecule has 120 valence electrons. The molecule has 0 N–H and O–H groups in total. The van der Waals surface area contributed by atoms with Crippen molar-refractivity contribution in [2.45, 2.75) is 18.1 Å². The van der Waals surface area contributed by atoms with E-state index < -0.39 is 4.92 Å². The zero-order chi connectivity index (χ0) is 16.2. The number of halogens is 1. The summed E-state index contributed by atoms with van der Waals surface area (Å²) in [6.07, 6.45) is 0. The van der Waals surface area contributed by atoms with Crippen molar-refractivity contribution in [2.24, 2.45) is 0 Å². The van der Waals surface area contributed by atoms with E-state index in [1.54, 1.807) is 17.8 Å². The average molecular weight is 352 g/mol. The van der Waals surface area contributed by atoms with Crippen LogP contribution in [-0.2, 0) is 22.8 Å². The topological polar surface area (TPSA) is 61.6 Å². The van der Waals surface area contributed by atoms with E-state index in [2.05, 4.69) is 0 Å². The van der Waals surface area contributed by atoms with Crippen LogP contribution in [0.1, 0.15) is 16.7 Å². The Morgan fingerprint density at radius 1 is 1.22 bits per heavy atom. The van der Waals surface area contributed by atoms with E-state index >= 15 is 0 Å². The summed E-state index contributed by atoms with van der Waals surface area (Å²) in [5, 5.41) is 11.8. The molecule has 0 amide bonds. The fourth-order valence-electron chi connectivity index (χ4n) is 2.38. The smallest absolute Gasteiger partial charge is 0.270 e. The number of nitro benzene ring substituents is 1. The van der Waals surface area contributed by atoms with Crippen molar-refractivity contribution in [1.29, 1.82) is 0 Å². The van der Waals surface area contributed by atoms with Crippen molar-refractivity contribution >= 4 is 29.1 Å². The second-order valence-electron chi connectivity index (χ2n) is 5.05. The van der Waals surface area contributed by atoms with E-state index in [0.717, 1.165) is 27.5 Å². The second kappa shape index (κ2) is 7.21. The molecule has 1 heterocycles. The van der Waals surface area contributed by atoms with Crippen molar-refractivity contribution in [3.05, 3.63) is 68.2 Å². The summed E-state index contributed by atoms with van der Waals surface area (Å²) in [6.45, 7) is 0.506. The van der Waals surface area contributed by atoms with Gasteiger partial charge in [0.25, 0.3) is 5.69 Å². The number of thioether (sulfide) groups is 1. The highest BCUT2D eigenvalue weighted by Crippen LogP contribution is 2.35. The molecular formula is C16H14ClNO4S. The molecule has 0 unspecified atom stereocenters. The van der Waals surface area contributed by atoms with Gasteiger partial charge in [-0.2, -0.15) is 11.8 Å². The van der Waals surface area contributed by atoms with Crippen LogP contribution < -0.4 is 4.74 Å². The Kier molecular flexibility index (Phi) is 5.05. The maximum Gasteiger partial charge on any atom is 0.270 e. The molecule has 5 nitrogen and oxygen atoms in total. The first-order valence-corrected chi connectivity index (χ1v) is 8.50. The minimum Gasteiger partial charge on any atom is -0.467 e. The molecule has 0 atom stereocenters. The van der Waals surface area contributed by atoms with Gasteiger partial charge in [0.1, 0.15) is 5.75 Å². The molecule has 0 fully saturated rings. The lowest BCUT2D eigenvalue weighted by atomic mass is 10.1. The molecule has 0 aliphatic carbocycles. The molecule has 23 heavy (non-hydrogen) atoms. The number of benzene rings is 2. The van der Waals surface area contributed by atoms with Gasteiger partial charge in [-0.15, -0.1) is 0 Å².